The van der Waals surface area contributed by atoms with Gasteiger partial charge in [0.25, 0.3) is 0 Å². The molecule has 1 amide bonds. The summed E-state index contributed by atoms with van der Waals surface area (Å²) < 4.78 is 0. The van der Waals surface area contributed by atoms with Crippen LogP contribution in [-0.4, -0.2) is 41.7 Å². The molecule has 2 N–H and O–H groups in total. The molecule has 1 heterocycles. The third-order valence-corrected chi connectivity index (χ3v) is 4.44. The van der Waals surface area contributed by atoms with Gasteiger partial charge >= 0.3 is 0 Å². The Hall–Kier alpha value is -1.39. The van der Waals surface area contributed by atoms with E-state index in [1.807, 2.05) is 13.0 Å². The largest absolute Gasteiger partial charge is 0.396 e. The van der Waals surface area contributed by atoms with Crippen molar-refractivity contribution in [3.05, 3.63) is 35.9 Å². The van der Waals surface area contributed by atoms with Gasteiger partial charge in [0.1, 0.15) is 0 Å². The zero-order chi connectivity index (χ0) is 15.8. The minimum Gasteiger partial charge on any atom is -0.396 e. The minimum absolute atomic E-state index is 0.0743. The number of likely N-dealkylation sites (tertiary alicyclic amines) is 1. The molecule has 2 unspecified atom stereocenters. The molecule has 0 bridgehead atoms. The summed E-state index contributed by atoms with van der Waals surface area (Å²) in [6.07, 6.45) is 3.55. The average Bonchev–Trinajstić information content (AvgIpc) is 2.55. The number of aliphatic hydroxyl groups excluding tert-OH is 1. The molecule has 0 saturated carbocycles. The molecule has 0 aliphatic carbocycles. The summed E-state index contributed by atoms with van der Waals surface area (Å²) in [6, 6.07) is 10.5. The smallest absolute Gasteiger partial charge is 0.224 e. The number of carbonyl (C=O) groups excluding carboxylic acids is 1. The lowest BCUT2D eigenvalue weighted by molar-refractivity contribution is -0.127. The zero-order valence-corrected chi connectivity index (χ0v) is 13.5. The fraction of sp³-hybridized carbons (Fsp3) is 0.611. The summed E-state index contributed by atoms with van der Waals surface area (Å²) >= 11 is 0. The zero-order valence-electron chi connectivity index (χ0n) is 13.5. The van der Waals surface area contributed by atoms with E-state index < -0.39 is 0 Å². The topological polar surface area (TPSA) is 52.6 Å². The van der Waals surface area contributed by atoms with Crippen LogP contribution in [-0.2, 0) is 11.3 Å². The van der Waals surface area contributed by atoms with Gasteiger partial charge in [-0.3, -0.25) is 9.69 Å². The molecule has 2 atom stereocenters. The first-order valence-electron chi connectivity index (χ1n) is 8.40. The molecule has 122 valence electrons. The van der Waals surface area contributed by atoms with E-state index in [0.29, 0.717) is 6.42 Å². The van der Waals surface area contributed by atoms with E-state index in [1.54, 1.807) is 0 Å². The van der Waals surface area contributed by atoms with Crippen LogP contribution in [0.15, 0.2) is 30.3 Å². The molecule has 1 saturated heterocycles. The molecule has 1 fully saturated rings. The average molecular weight is 304 g/mol. The van der Waals surface area contributed by atoms with Gasteiger partial charge in [-0.15, -0.1) is 0 Å². The highest BCUT2D eigenvalue weighted by molar-refractivity contribution is 5.79. The number of amides is 1. The number of aliphatic hydroxyl groups is 1. The Kier molecular flexibility index (Phi) is 6.87. The van der Waals surface area contributed by atoms with Gasteiger partial charge in [0, 0.05) is 25.7 Å². The number of carbonyl (C=O) groups is 1. The Morgan fingerprint density at radius 2 is 2.18 bits per heavy atom. The second-order valence-corrected chi connectivity index (χ2v) is 6.19. The van der Waals surface area contributed by atoms with Crippen molar-refractivity contribution in [1.29, 1.82) is 0 Å². The highest BCUT2D eigenvalue weighted by atomic mass is 16.3. The summed E-state index contributed by atoms with van der Waals surface area (Å²) in [5.41, 5.74) is 1.30. The van der Waals surface area contributed by atoms with Crippen molar-refractivity contribution >= 4 is 5.91 Å². The third-order valence-electron chi connectivity index (χ3n) is 4.44. The van der Waals surface area contributed by atoms with Gasteiger partial charge in [-0.1, -0.05) is 37.3 Å². The Morgan fingerprint density at radius 1 is 1.41 bits per heavy atom. The Balaban J connectivity index is 1.85. The van der Waals surface area contributed by atoms with Crippen LogP contribution < -0.4 is 5.32 Å². The van der Waals surface area contributed by atoms with Gasteiger partial charge < -0.3 is 10.4 Å². The van der Waals surface area contributed by atoms with Crippen molar-refractivity contribution in [2.75, 3.05) is 19.7 Å². The predicted octanol–water partition coefficient (Wildman–Crippen LogP) is 2.18. The van der Waals surface area contributed by atoms with Crippen molar-refractivity contribution in [2.45, 2.75) is 45.2 Å². The van der Waals surface area contributed by atoms with Crippen LogP contribution in [0.5, 0.6) is 0 Å². The number of nitrogens with zero attached hydrogens (tertiary/aromatic N) is 1. The van der Waals surface area contributed by atoms with E-state index in [9.17, 15) is 4.79 Å². The van der Waals surface area contributed by atoms with E-state index in [0.717, 1.165) is 38.9 Å². The van der Waals surface area contributed by atoms with Crippen LogP contribution in [0.25, 0.3) is 0 Å². The van der Waals surface area contributed by atoms with Crippen molar-refractivity contribution < 1.29 is 9.90 Å². The molecule has 0 radical (unpaired) electrons. The van der Waals surface area contributed by atoms with Crippen LogP contribution in [0.2, 0.25) is 0 Å². The molecule has 1 aromatic carbocycles. The summed E-state index contributed by atoms with van der Waals surface area (Å²) in [5.74, 6) is 0.225. The molecule has 1 aliphatic rings. The number of rotatable bonds is 7. The van der Waals surface area contributed by atoms with Crippen LogP contribution >= 0.6 is 0 Å². The molecule has 2 rings (SSSR count). The van der Waals surface area contributed by atoms with Gasteiger partial charge in [-0.2, -0.15) is 0 Å². The minimum atomic E-state index is 0.0743. The standard InChI is InChI=1S/C18H28N2O2/c1-2-17(10-12-21)19-18(22)16-9-6-11-20(14-16)13-15-7-4-3-5-8-15/h3-5,7-8,16-17,21H,2,6,9-14H2,1H3,(H,19,22). The first-order valence-corrected chi connectivity index (χ1v) is 8.40. The third kappa shape index (κ3) is 5.11. The molecule has 1 aliphatic heterocycles. The van der Waals surface area contributed by atoms with Crippen LogP contribution in [0.3, 0.4) is 0 Å². The molecular formula is C18H28N2O2. The van der Waals surface area contributed by atoms with Gasteiger partial charge in [-0.05, 0) is 37.8 Å². The maximum atomic E-state index is 12.4. The summed E-state index contributed by atoms with van der Waals surface area (Å²) in [5, 5.41) is 12.1. The van der Waals surface area contributed by atoms with E-state index in [1.165, 1.54) is 5.56 Å². The van der Waals surface area contributed by atoms with E-state index in [4.69, 9.17) is 5.11 Å². The van der Waals surface area contributed by atoms with Gasteiger partial charge in [0.05, 0.1) is 5.92 Å². The number of nitrogens with one attached hydrogen (secondary N) is 1. The first kappa shape index (κ1) is 17.0. The van der Waals surface area contributed by atoms with E-state index >= 15 is 0 Å². The van der Waals surface area contributed by atoms with Crippen LogP contribution in [0.4, 0.5) is 0 Å². The van der Waals surface area contributed by atoms with Crippen LogP contribution in [0, 0.1) is 5.92 Å². The van der Waals surface area contributed by atoms with Crippen molar-refractivity contribution in [3.8, 4) is 0 Å². The van der Waals surface area contributed by atoms with Gasteiger partial charge in [0.2, 0.25) is 5.91 Å². The lowest BCUT2D eigenvalue weighted by Gasteiger charge is -2.32. The Bertz CT molecular complexity index is 450. The van der Waals surface area contributed by atoms with E-state index in [-0.39, 0.29) is 24.5 Å². The molecule has 4 heteroatoms. The van der Waals surface area contributed by atoms with Crippen molar-refractivity contribution in [3.63, 3.8) is 0 Å². The van der Waals surface area contributed by atoms with Gasteiger partial charge in [-0.25, -0.2) is 0 Å². The predicted molar refractivity (Wildman–Crippen MR) is 88.4 cm³/mol. The molecule has 0 aromatic heterocycles. The molecule has 1 aromatic rings. The second kappa shape index (κ2) is 8.91. The number of piperidine rings is 1. The second-order valence-electron chi connectivity index (χ2n) is 6.19. The highest BCUT2D eigenvalue weighted by Gasteiger charge is 2.26. The number of hydrogen-bond acceptors (Lipinski definition) is 3. The summed E-state index contributed by atoms with van der Waals surface area (Å²) in [6.45, 7) is 4.98. The fourth-order valence-electron chi connectivity index (χ4n) is 3.11. The Morgan fingerprint density at radius 3 is 2.86 bits per heavy atom. The van der Waals surface area contributed by atoms with E-state index in [2.05, 4.69) is 34.5 Å². The highest BCUT2D eigenvalue weighted by Crippen LogP contribution is 2.19. The van der Waals surface area contributed by atoms with Crippen LogP contribution in [0.1, 0.15) is 38.2 Å². The summed E-state index contributed by atoms with van der Waals surface area (Å²) in [7, 11) is 0. The first-order chi connectivity index (χ1) is 10.7. The van der Waals surface area contributed by atoms with Crippen molar-refractivity contribution in [2.24, 2.45) is 5.92 Å². The normalized spacial score (nSPS) is 20.5. The number of benzene rings is 1. The maximum Gasteiger partial charge on any atom is 0.224 e. The van der Waals surface area contributed by atoms with Crippen molar-refractivity contribution in [1.82, 2.24) is 10.2 Å². The molecule has 0 spiro atoms. The maximum absolute atomic E-state index is 12.4. The SMILES string of the molecule is CCC(CCO)NC(=O)C1CCCN(Cc2ccccc2)C1. The lowest BCUT2D eigenvalue weighted by Crippen LogP contribution is -2.45. The molecule has 4 nitrogen and oxygen atoms in total. The number of hydrogen-bond donors (Lipinski definition) is 2. The Labute approximate surface area is 133 Å². The fourth-order valence-corrected chi connectivity index (χ4v) is 3.11. The lowest BCUT2D eigenvalue weighted by atomic mass is 9.96. The molecule has 22 heavy (non-hydrogen) atoms. The van der Waals surface area contributed by atoms with Gasteiger partial charge in [0.15, 0.2) is 0 Å². The monoisotopic (exact) mass is 304 g/mol. The summed E-state index contributed by atoms with van der Waals surface area (Å²) in [4.78, 5) is 14.8. The molecular weight excluding hydrogens is 276 g/mol. The quantitative estimate of drug-likeness (QED) is 0.812.